The molecule has 0 unspecified atom stereocenters. The molecule has 1 heterocycles. The van der Waals surface area contributed by atoms with Gasteiger partial charge in [0.25, 0.3) is 0 Å². The average Bonchev–Trinajstić information content (AvgIpc) is 2.27. The molecule has 0 bridgehead atoms. The summed E-state index contributed by atoms with van der Waals surface area (Å²) in [7, 11) is 0. The van der Waals surface area contributed by atoms with Gasteiger partial charge in [-0.05, 0) is 10.8 Å². The third-order valence-corrected chi connectivity index (χ3v) is 3.94. The van der Waals surface area contributed by atoms with Crippen molar-refractivity contribution >= 4 is 0 Å². The first-order valence-corrected chi connectivity index (χ1v) is 5.46. The van der Waals surface area contributed by atoms with Crippen LogP contribution in [0.2, 0.25) is 0 Å². The van der Waals surface area contributed by atoms with E-state index >= 15 is 0 Å². The third kappa shape index (κ3) is 1.49. The Bertz CT molecular complexity index is 195. The Hall–Kier alpha value is -0.0800. The quantitative estimate of drug-likeness (QED) is 0.650. The van der Waals surface area contributed by atoms with Gasteiger partial charge >= 0.3 is 0 Å². The normalized spacial score (nSPS) is 28.1. The Morgan fingerprint density at radius 1 is 1.07 bits per heavy atom. The second-order valence-corrected chi connectivity index (χ2v) is 6.59. The van der Waals surface area contributed by atoms with Crippen molar-refractivity contribution in [1.29, 1.82) is 0 Å². The van der Waals surface area contributed by atoms with Crippen molar-refractivity contribution in [1.82, 2.24) is 0 Å². The van der Waals surface area contributed by atoms with Crippen LogP contribution in [0.5, 0.6) is 0 Å². The minimum atomic E-state index is 0.0833. The summed E-state index contributed by atoms with van der Waals surface area (Å²) in [4.78, 5) is 0. The molecule has 1 atom stereocenters. The molecule has 0 aromatic heterocycles. The predicted octanol–water partition coefficient (Wildman–Crippen LogP) is 2.42. The van der Waals surface area contributed by atoms with Crippen LogP contribution in [0, 0.1) is 16.2 Å². The van der Waals surface area contributed by atoms with Crippen molar-refractivity contribution in [3.05, 3.63) is 0 Å². The van der Waals surface area contributed by atoms with Gasteiger partial charge < -0.3 is 10.5 Å². The molecule has 0 aromatic rings. The average molecular weight is 199 g/mol. The van der Waals surface area contributed by atoms with Crippen LogP contribution < -0.4 is 5.73 Å². The summed E-state index contributed by atoms with van der Waals surface area (Å²) in [6.45, 7) is 15.1. The number of nitrogens with two attached hydrogens (primary N) is 1. The molecule has 0 saturated carbocycles. The molecule has 0 spiro atoms. The van der Waals surface area contributed by atoms with Crippen molar-refractivity contribution in [3.8, 4) is 0 Å². The Morgan fingerprint density at radius 2 is 1.50 bits per heavy atom. The summed E-state index contributed by atoms with van der Waals surface area (Å²) in [5.41, 5.74) is 6.71. The fourth-order valence-corrected chi connectivity index (χ4v) is 3.27. The molecule has 1 aliphatic heterocycles. The topological polar surface area (TPSA) is 35.2 Å². The molecular weight excluding hydrogens is 174 g/mol. The van der Waals surface area contributed by atoms with Crippen LogP contribution in [-0.4, -0.2) is 19.3 Å². The molecule has 0 amide bonds. The van der Waals surface area contributed by atoms with Gasteiger partial charge in [-0.2, -0.15) is 0 Å². The standard InChI is InChI=1S/C12H25NO/c1-10(2,3)12(11(4,5)6)8-14-7-9(12)13/h9H,7-8,13H2,1-6H3/t9-/m1/s1. The molecule has 1 saturated heterocycles. The minimum Gasteiger partial charge on any atom is -0.379 e. The number of ether oxygens (including phenoxy) is 1. The SMILES string of the molecule is CC(C)(C)C1(C(C)(C)C)COC[C@H]1N. The molecule has 0 radical (unpaired) electrons. The molecule has 1 fully saturated rings. The van der Waals surface area contributed by atoms with Crippen LogP contribution in [-0.2, 0) is 4.74 Å². The van der Waals surface area contributed by atoms with Gasteiger partial charge in [0.05, 0.1) is 13.2 Å². The van der Waals surface area contributed by atoms with E-state index in [0.29, 0.717) is 6.61 Å². The van der Waals surface area contributed by atoms with E-state index in [2.05, 4.69) is 41.5 Å². The molecule has 2 N–H and O–H groups in total. The van der Waals surface area contributed by atoms with Gasteiger partial charge in [-0.15, -0.1) is 0 Å². The van der Waals surface area contributed by atoms with Crippen molar-refractivity contribution in [2.45, 2.75) is 47.6 Å². The number of hydrogen-bond donors (Lipinski definition) is 1. The second kappa shape index (κ2) is 3.21. The first-order chi connectivity index (χ1) is 6.13. The smallest absolute Gasteiger partial charge is 0.0624 e. The largest absolute Gasteiger partial charge is 0.379 e. The van der Waals surface area contributed by atoms with Crippen LogP contribution >= 0.6 is 0 Å². The predicted molar refractivity (Wildman–Crippen MR) is 60.1 cm³/mol. The summed E-state index contributed by atoms with van der Waals surface area (Å²) in [5, 5.41) is 0. The van der Waals surface area contributed by atoms with E-state index in [1.165, 1.54) is 0 Å². The molecule has 1 rings (SSSR count). The fraction of sp³-hybridized carbons (Fsp3) is 1.00. The Labute approximate surface area is 88.2 Å². The summed E-state index contributed by atoms with van der Waals surface area (Å²) < 4.78 is 5.60. The maximum Gasteiger partial charge on any atom is 0.0624 e. The Balaban J connectivity index is 3.16. The van der Waals surface area contributed by atoms with Gasteiger partial charge in [0.15, 0.2) is 0 Å². The molecule has 2 heteroatoms. The summed E-state index contributed by atoms with van der Waals surface area (Å²) in [6, 6.07) is 0.155. The zero-order chi connectivity index (χ0) is 11.2. The highest BCUT2D eigenvalue weighted by Gasteiger charge is 2.57. The number of hydrogen-bond acceptors (Lipinski definition) is 2. The lowest BCUT2D eigenvalue weighted by atomic mass is 9.52. The first kappa shape index (κ1) is 12.0. The van der Waals surface area contributed by atoms with E-state index in [4.69, 9.17) is 10.5 Å². The van der Waals surface area contributed by atoms with Crippen LogP contribution in [0.15, 0.2) is 0 Å². The molecule has 14 heavy (non-hydrogen) atoms. The lowest BCUT2D eigenvalue weighted by Crippen LogP contribution is -2.57. The Kier molecular flexibility index (Phi) is 2.75. The van der Waals surface area contributed by atoms with Crippen molar-refractivity contribution < 1.29 is 4.74 Å². The van der Waals surface area contributed by atoms with E-state index in [0.717, 1.165) is 6.61 Å². The van der Waals surface area contributed by atoms with E-state index in [-0.39, 0.29) is 22.3 Å². The van der Waals surface area contributed by atoms with E-state index in [1.54, 1.807) is 0 Å². The zero-order valence-electron chi connectivity index (χ0n) is 10.5. The first-order valence-electron chi connectivity index (χ1n) is 5.46. The van der Waals surface area contributed by atoms with E-state index < -0.39 is 0 Å². The van der Waals surface area contributed by atoms with Gasteiger partial charge in [-0.25, -0.2) is 0 Å². The van der Waals surface area contributed by atoms with E-state index in [9.17, 15) is 0 Å². The van der Waals surface area contributed by atoms with Crippen molar-refractivity contribution in [2.75, 3.05) is 13.2 Å². The lowest BCUT2D eigenvalue weighted by molar-refractivity contribution is -0.0463. The van der Waals surface area contributed by atoms with Crippen LogP contribution in [0.3, 0.4) is 0 Å². The molecule has 2 nitrogen and oxygen atoms in total. The molecule has 0 aliphatic carbocycles. The lowest BCUT2D eigenvalue weighted by Gasteiger charge is -2.53. The van der Waals surface area contributed by atoms with Gasteiger partial charge in [-0.3, -0.25) is 0 Å². The van der Waals surface area contributed by atoms with Crippen LogP contribution in [0.4, 0.5) is 0 Å². The Morgan fingerprint density at radius 3 is 1.64 bits per heavy atom. The van der Waals surface area contributed by atoms with Gasteiger partial charge in [0.2, 0.25) is 0 Å². The minimum absolute atomic E-state index is 0.0833. The van der Waals surface area contributed by atoms with Gasteiger partial charge in [0.1, 0.15) is 0 Å². The van der Waals surface area contributed by atoms with Gasteiger partial charge in [0, 0.05) is 11.5 Å². The highest BCUT2D eigenvalue weighted by Crippen LogP contribution is 2.55. The van der Waals surface area contributed by atoms with Crippen LogP contribution in [0.25, 0.3) is 0 Å². The second-order valence-electron chi connectivity index (χ2n) is 6.59. The highest BCUT2D eigenvalue weighted by atomic mass is 16.5. The number of rotatable bonds is 0. The van der Waals surface area contributed by atoms with Crippen molar-refractivity contribution in [3.63, 3.8) is 0 Å². The van der Waals surface area contributed by atoms with Crippen molar-refractivity contribution in [2.24, 2.45) is 22.0 Å². The molecule has 0 aromatic carbocycles. The van der Waals surface area contributed by atoms with Crippen LogP contribution in [0.1, 0.15) is 41.5 Å². The summed E-state index contributed by atoms with van der Waals surface area (Å²) in [5.74, 6) is 0. The highest BCUT2D eigenvalue weighted by molar-refractivity contribution is 5.07. The third-order valence-electron chi connectivity index (χ3n) is 3.94. The monoisotopic (exact) mass is 199 g/mol. The zero-order valence-corrected chi connectivity index (χ0v) is 10.5. The maximum atomic E-state index is 6.26. The van der Waals surface area contributed by atoms with E-state index in [1.807, 2.05) is 0 Å². The molecular formula is C12H25NO. The fourth-order valence-electron chi connectivity index (χ4n) is 3.27. The van der Waals surface area contributed by atoms with Gasteiger partial charge in [-0.1, -0.05) is 41.5 Å². The maximum absolute atomic E-state index is 6.26. The summed E-state index contributed by atoms with van der Waals surface area (Å²) >= 11 is 0. The molecule has 84 valence electrons. The molecule has 1 aliphatic rings. The summed E-state index contributed by atoms with van der Waals surface area (Å²) in [6.07, 6.45) is 0.